The fourth-order valence-corrected chi connectivity index (χ4v) is 4.77. The molecule has 0 aliphatic heterocycles. The summed E-state index contributed by atoms with van der Waals surface area (Å²) in [6, 6.07) is 6.53. The Morgan fingerprint density at radius 2 is 1.92 bits per heavy atom. The predicted molar refractivity (Wildman–Crippen MR) is 134 cm³/mol. The normalized spacial score (nSPS) is 14.7. The standard InChI is InChI=1S/C26H26F2N4O3S/c1-15(18-10-19(27)13-20(11-18)36(2,34)35)31-26(33)21-9-8-17(12-22(21)28)24-25(29)30-14-23(32-24)16-6-4-3-5-7-16/h6,8-15H,3-5,7H2,1-2H3,(H2,29,30)(H,31,33). The summed E-state index contributed by atoms with van der Waals surface area (Å²) in [4.78, 5) is 21.4. The number of halogens is 2. The summed E-state index contributed by atoms with van der Waals surface area (Å²) >= 11 is 0. The van der Waals surface area contributed by atoms with Crippen molar-refractivity contribution in [3.63, 3.8) is 0 Å². The van der Waals surface area contributed by atoms with E-state index < -0.39 is 33.4 Å². The number of aromatic nitrogens is 2. The largest absolute Gasteiger partial charge is 0.382 e. The topological polar surface area (TPSA) is 115 Å². The molecule has 0 saturated carbocycles. The van der Waals surface area contributed by atoms with Crippen molar-refractivity contribution >= 4 is 27.1 Å². The van der Waals surface area contributed by atoms with Crippen LogP contribution in [0.4, 0.5) is 14.6 Å². The zero-order valence-corrected chi connectivity index (χ0v) is 20.7. The molecule has 1 atom stereocenters. The molecule has 36 heavy (non-hydrogen) atoms. The quantitative estimate of drug-likeness (QED) is 0.488. The maximum atomic E-state index is 15.0. The van der Waals surface area contributed by atoms with Crippen LogP contribution in [0.5, 0.6) is 0 Å². The highest BCUT2D eigenvalue weighted by molar-refractivity contribution is 7.90. The number of carbonyl (C=O) groups excluding carboxylic acids is 1. The number of hydrogen-bond acceptors (Lipinski definition) is 6. The molecular weight excluding hydrogens is 486 g/mol. The van der Waals surface area contributed by atoms with E-state index in [9.17, 15) is 17.6 Å². The number of rotatable bonds is 6. The first kappa shape index (κ1) is 25.4. The highest BCUT2D eigenvalue weighted by atomic mass is 32.2. The summed E-state index contributed by atoms with van der Waals surface area (Å²) in [6.07, 6.45) is 8.75. The van der Waals surface area contributed by atoms with Crippen LogP contribution in [-0.4, -0.2) is 30.5 Å². The van der Waals surface area contributed by atoms with Crippen LogP contribution in [0.25, 0.3) is 16.8 Å². The van der Waals surface area contributed by atoms with Gasteiger partial charge in [0.25, 0.3) is 5.91 Å². The molecule has 0 bridgehead atoms. The van der Waals surface area contributed by atoms with E-state index in [1.807, 2.05) is 0 Å². The molecule has 0 spiro atoms. The highest BCUT2D eigenvalue weighted by Crippen LogP contribution is 2.30. The van der Waals surface area contributed by atoms with Gasteiger partial charge in [-0.15, -0.1) is 0 Å². The van der Waals surface area contributed by atoms with Crippen molar-refractivity contribution < 1.29 is 22.0 Å². The Morgan fingerprint density at radius 3 is 2.58 bits per heavy atom. The van der Waals surface area contributed by atoms with Gasteiger partial charge in [0.15, 0.2) is 9.84 Å². The third-order valence-electron chi connectivity index (χ3n) is 6.08. The zero-order valence-electron chi connectivity index (χ0n) is 19.9. The average molecular weight is 513 g/mol. The number of nitrogens with zero attached hydrogens (tertiary/aromatic N) is 2. The number of nitrogens with one attached hydrogen (secondary N) is 1. The fraction of sp³-hybridized carbons (Fsp3) is 0.269. The molecule has 2 aromatic carbocycles. The van der Waals surface area contributed by atoms with Gasteiger partial charge >= 0.3 is 0 Å². The molecule has 0 fully saturated rings. The van der Waals surface area contributed by atoms with Gasteiger partial charge in [0.05, 0.1) is 28.4 Å². The van der Waals surface area contributed by atoms with Crippen molar-refractivity contribution in [2.24, 2.45) is 0 Å². The summed E-state index contributed by atoms with van der Waals surface area (Å²) in [7, 11) is -3.65. The molecule has 7 nitrogen and oxygen atoms in total. The smallest absolute Gasteiger partial charge is 0.254 e. The van der Waals surface area contributed by atoms with Crippen LogP contribution in [0.2, 0.25) is 0 Å². The molecule has 1 amide bonds. The van der Waals surface area contributed by atoms with E-state index in [1.165, 1.54) is 24.3 Å². The van der Waals surface area contributed by atoms with E-state index in [4.69, 9.17) is 5.73 Å². The number of carbonyl (C=O) groups is 1. The molecule has 3 N–H and O–H groups in total. The Bertz CT molecular complexity index is 1470. The van der Waals surface area contributed by atoms with Crippen molar-refractivity contribution in [3.05, 3.63) is 77.1 Å². The van der Waals surface area contributed by atoms with Gasteiger partial charge < -0.3 is 11.1 Å². The lowest BCUT2D eigenvalue weighted by Crippen LogP contribution is -2.27. The number of sulfone groups is 1. The van der Waals surface area contributed by atoms with Gasteiger partial charge in [0.1, 0.15) is 23.1 Å². The summed E-state index contributed by atoms with van der Waals surface area (Å²) in [6.45, 7) is 1.55. The Morgan fingerprint density at radius 1 is 1.14 bits per heavy atom. The van der Waals surface area contributed by atoms with Gasteiger partial charge in [0, 0.05) is 11.8 Å². The van der Waals surface area contributed by atoms with E-state index >= 15 is 4.39 Å². The van der Waals surface area contributed by atoms with Crippen molar-refractivity contribution in [3.8, 4) is 11.3 Å². The van der Waals surface area contributed by atoms with Gasteiger partial charge in [0.2, 0.25) is 0 Å². The van der Waals surface area contributed by atoms with Gasteiger partial charge in [-0.25, -0.2) is 27.2 Å². The first-order valence-electron chi connectivity index (χ1n) is 11.5. The van der Waals surface area contributed by atoms with Gasteiger partial charge in [-0.2, -0.15) is 0 Å². The van der Waals surface area contributed by atoms with Gasteiger partial charge in [-0.3, -0.25) is 4.79 Å². The van der Waals surface area contributed by atoms with Crippen LogP contribution in [0.15, 0.2) is 53.6 Å². The third kappa shape index (κ3) is 5.59. The summed E-state index contributed by atoms with van der Waals surface area (Å²) in [5, 5.41) is 2.58. The SMILES string of the molecule is CC(NC(=O)c1ccc(-c2nc(C3=CCCCC3)cnc2N)cc1F)c1cc(F)cc(S(C)(=O)=O)c1. The molecule has 3 aromatic rings. The Hall–Kier alpha value is -3.66. The second-order valence-corrected chi connectivity index (χ2v) is 10.9. The number of benzene rings is 2. The monoisotopic (exact) mass is 512 g/mol. The lowest BCUT2D eigenvalue weighted by atomic mass is 9.97. The summed E-state index contributed by atoms with van der Waals surface area (Å²) in [5.74, 6) is -2.14. The first-order chi connectivity index (χ1) is 17.0. The third-order valence-corrected chi connectivity index (χ3v) is 7.17. The molecular formula is C26H26F2N4O3S. The maximum absolute atomic E-state index is 15.0. The van der Waals surface area contributed by atoms with Crippen LogP contribution >= 0.6 is 0 Å². The van der Waals surface area contributed by atoms with E-state index in [0.717, 1.165) is 49.6 Å². The summed E-state index contributed by atoms with van der Waals surface area (Å²) in [5.41, 5.74) is 8.49. The van der Waals surface area contributed by atoms with Gasteiger partial charge in [-0.05, 0) is 74.1 Å². The van der Waals surface area contributed by atoms with E-state index in [2.05, 4.69) is 21.4 Å². The molecule has 1 aromatic heterocycles. The molecule has 1 aliphatic carbocycles. The van der Waals surface area contributed by atoms with Crippen LogP contribution in [0.1, 0.15) is 60.3 Å². The number of anilines is 1. The molecule has 188 valence electrons. The van der Waals surface area contributed by atoms with Gasteiger partial charge in [-0.1, -0.05) is 12.1 Å². The highest BCUT2D eigenvalue weighted by Gasteiger charge is 2.20. The molecule has 4 rings (SSSR count). The lowest BCUT2D eigenvalue weighted by molar-refractivity contribution is 0.0935. The molecule has 0 saturated heterocycles. The van der Waals surface area contributed by atoms with Crippen molar-refractivity contribution in [1.29, 1.82) is 0 Å². The Balaban J connectivity index is 1.57. The zero-order chi connectivity index (χ0) is 26.0. The predicted octanol–water partition coefficient (Wildman–Crippen LogP) is 4.86. The molecule has 10 heteroatoms. The second-order valence-electron chi connectivity index (χ2n) is 8.85. The number of nitrogen functional groups attached to an aromatic ring is 1. The van der Waals surface area contributed by atoms with Crippen LogP contribution < -0.4 is 11.1 Å². The molecule has 1 unspecified atom stereocenters. The number of hydrogen-bond donors (Lipinski definition) is 2. The van der Waals surface area contributed by atoms with E-state index in [0.29, 0.717) is 17.0 Å². The van der Waals surface area contributed by atoms with Crippen LogP contribution in [0, 0.1) is 11.6 Å². The van der Waals surface area contributed by atoms with Crippen LogP contribution in [-0.2, 0) is 9.84 Å². The number of nitrogens with two attached hydrogens (primary N) is 1. The number of amides is 1. The van der Waals surface area contributed by atoms with Crippen molar-refractivity contribution in [1.82, 2.24) is 15.3 Å². The lowest BCUT2D eigenvalue weighted by Gasteiger charge is -2.16. The fourth-order valence-electron chi connectivity index (χ4n) is 4.09. The van der Waals surface area contributed by atoms with Crippen molar-refractivity contribution in [2.45, 2.75) is 43.5 Å². The molecule has 1 aliphatic rings. The van der Waals surface area contributed by atoms with E-state index in [1.54, 1.807) is 13.1 Å². The first-order valence-corrected chi connectivity index (χ1v) is 13.4. The Kier molecular flexibility index (Phi) is 7.16. The minimum Gasteiger partial charge on any atom is -0.382 e. The minimum atomic E-state index is -3.65. The van der Waals surface area contributed by atoms with E-state index in [-0.39, 0.29) is 21.8 Å². The number of allylic oxidation sites excluding steroid dienone is 2. The second kappa shape index (κ2) is 10.1. The minimum absolute atomic E-state index is 0.146. The summed E-state index contributed by atoms with van der Waals surface area (Å²) < 4.78 is 52.6. The van der Waals surface area contributed by atoms with Crippen molar-refractivity contribution in [2.75, 3.05) is 12.0 Å². The molecule has 1 heterocycles. The van der Waals surface area contributed by atoms with Crippen LogP contribution in [0.3, 0.4) is 0 Å². The average Bonchev–Trinajstić information content (AvgIpc) is 2.83. The molecule has 0 radical (unpaired) electrons. The maximum Gasteiger partial charge on any atom is 0.254 e. The Labute approximate surface area is 208 Å².